The van der Waals surface area contributed by atoms with Crippen LogP contribution >= 0.6 is 0 Å². The fraction of sp³-hybridized carbons (Fsp3) is 0.538. The number of nitrogens with zero attached hydrogens (tertiary/aromatic N) is 1. The maximum atomic E-state index is 13.7. The molecule has 0 aromatic heterocycles. The summed E-state index contributed by atoms with van der Waals surface area (Å²) in [4.78, 5) is 1.67. The first kappa shape index (κ1) is 16.3. The van der Waals surface area contributed by atoms with Gasteiger partial charge in [-0.3, -0.25) is 0 Å². The van der Waals surface area contributed by atoms with E-state index < -0.39 is 15.8 Å². The van der Waals surface area contributed by atoms with Crippen molar-refractivity contribution < 1.29 is 17.5 Å². The van der Waals surface area contributed by atoms with E-state index in [4.69, 9.17) is 10.5 Å². The van der Waals surface area contributed by atoms with Crippen molar-refractivity contribution in [3.05, 3.63) is 29.6 Å². The summed E-state index contributed by atoms with van der Waals surface area (Å²) in [5.74, 6) is -0.790. The Morgan fingerprint density at radius 1 is 1.52 bits per heavy atom. The van der Waals surface area contributed by atoms with Gasteiger partial charge in [0, 0.05) is 26.2 Å². The molecular weight excluding hydrogens is 297 g/mol. The van der Waals surface area contributed by atoms with E-state index in [1.165, 1.54) is 12.1 Å². The van der Waals surface area contributed by atoms with Gasteiger partial charge in [0.2, 0.25) is 10.0 Å². The van der Waals surface area contributed by atoms with Gasteiger partial charge < -0.3 is 15.4 Å². The van der Waals surface area contributed by atoms with Gasteiger partial charge in [-0.15, -0.1) is 0 Å². The van der Waals surface area contributed by atoms with Gasteiger partial charge in [-0.2, -0.15) is 0 Å². The molecule has 0 saturated carbocycles. The molecule has 1 aromatic carbocycles. The zero-order valence-electron chi connectivity index (χ0n) is 11.9. The van der Waals surface area contributed by atoms with Crippen LogP contribution in [-0.2, 0) is 21.3 Å². The van der Waals surface area contributed by atoms with E-state index in [0.717, 1.165) is 12.6 Å². The van der Waals surface area contributed by atoms with E-state index in [0.29, 0.717) is 18.7 Å². The van der Waals surface area contributed by atoms with Crippen molar-refractivity contribution in [3.8, 4) is 0 Å². The van der Waals surface area contributed by atoms with Crippen molar-refractivity contribution in [3.63, 3.8) is 0 Å². The Bertz CT molecular complexity index is 594. The van der Waals surface area contributed by atoms with E-state index in [-0.39, 0.29) is 24.1 Å². The minimum atomic E-state index is -3.92. The van der Waals surface area contributed by atoms with Gasteiger partial charge >= 0.3 is 0 Å². The van der Waals surface area contributed by atoms with Gasteiger partial charge in [-0.1, -0.05) is 6.07 Å². The predicted molar refractivity (Wildman–Crippen MR) is 76.7 cm³/mol. The van der Waals surface area contributed by atoms with Crippen molar-refractivity contribution in [1.82, 2.24) is 9.62 Å². The molecule has 1 atom stereocenters. The van der Waals surface area contributed by atoms with E-state index >= 15 is 0 Å². The van der Waals surface area contributed by atoms with Crippen LogP contribution in [0.1, 0.15) is 5.56 Å². The fourth-order valence-corrected chi connectivity index (χ4v) is 3.34. The standard InChI is InChI=1S/C13H20FN3O3S/c1-17-4-5-20-11(9-17)8-16-21(18,19)13-6-10(7-15)2-3-12(13)14/h2-3,6,11,16H,4-5,7-9,15H2,1H3. The highest BCUT2D eigenvalue weighted by molar-refractivity contribution is 7.89. The molecule has 0 amide bonds. The minimum Gasteiger partial charge on any atom is -0.374 e. The Morgan fingerprint density at radius 3 is 2.95 bits per heavy atom. The second-order valence-corrected chi connectivity index (χ2v) is 6.81. The lowest BCUT2D eigenvalue weighted by Crippen LogP contribution is -2.45. The first-order valence-corrected chi connectivity index (χ1v) is 8.19. The van der Waals surface area contributed by atoms with E-state index in [2.05, 4.69) is 9.62 Å². The largest absolute Gasteiger partial charge is 0.374 e. The average Bonchev–Trinajstić information content (AvgIpc) is 2.46. The quantitative estimate of drug-likeness (QED) is 0.792. The molecule has 0 aliphatic carbocycles. The Balaban J connectivity index is 2.08. The third-order valence-electron chi connectivity index (χ3n) is 3.36. The molecular formula is C13H20FN3O3S. The average molecular weight is 317 g/mol. The Kier molecular flexibility index (Phi) is 5.28. The summed E-state index contributed by atoms with van der Waals surface area (Å²) >= 11 is 0. The van der Waals surface area contributed by atoms with Crippen molar-refractivity contribution in [2.75, 3.05) is 33.3 Å². The summed E-state index contributed by atoms with van der Waals surface area (Å²) < 4.78 is 46.0. The van der Waals surface area contributed by atoms with Gasteiger partial charge in [-0.05, 0) is 24.7 Å². The molecule has 1 aliphatic heterocycles. The number of ether oxygens (including phenoxy) is 1. The molecule has 0 spiro atoms. The maximum Gasteiger partial charge on any atom is 0.243 e. The molecule has 8 heteroatoms. The smallest absolute Gasteiger partial charge is 0.243 e. The monoisotopic (exact) mass is 317 g/mol. The summed E-state index contributed by atoms with van der Waals surface area (Å²) in [6.45, 7) is 2.27. The van der Waals surface area contributed by atoms with Crippen LogP contribution in [0.15, 0.2) is 23.1 Å². The van der Waals surface area contributed by atoms with E-state index in [1.807, 2.05) is 7.05 Å². The number of benzene rings is 1. The summed E-state index contributed by atoms with van der Waals surface area (Å²) in [7, 11) is -1.98. The summed E-state index contributed by atoms with van der Waals surface area (Å²) in [6, 6.07) is 3.83. The van der Waals surface area contributed by atoms with Crippen molar-refractivity contribution >= 4 is 10.0 Å². The second kappa shape index (κ2) is 6.80. The summed E-state index contributed by atoms with van der Waals surface area (Å²) in [5, 5.41) is 0. The van der Waals surface area contributed by atoms with Gasteiger partial charge in [0.1, 0.15) is 10.7 Å². The van der Waals surface area contributed by atoms with Crippen LogP contribution in [0.25, 0.3) is 0 Å². The number of sulfonamides is 1. The van der Waals surface area contributed by atoms with Gasteiger partial charge in [0.15, 0.2) is 0 Å². The second-order valence-electron chi connectivity index (χ2n) is 5.08. The number of nitrogens with two attached hydrogens (primary N) is 1. The molecule has 21 heavy (non-hydrogen) atoms. The SMILES string of the molecule is CN1CCOC(CNS(=O)(=O)c2cc(CN)ccc2F)C1. The van der Waals surface area contributed by atoms with Crippen LogP contribution in [0, 0.1) is 5.82 Å². The third kappa shape index (κ3) is 4.21. The minimum absolute atomic E-state index is 0.110. The Labute approximate surface area is 124 Å². The van der Waals surface area contributed by atoms with Gasteiger partial charge in [-0.25, -0.2) is 17.5 Å². The lowest BCUT2D eigenvalue weighted by molar-refractivity contribution is -0.0156. The van der Waals surface area contributed by atoms with Crippen molar-refractivity contribution in [2.24, 2.45) is 5.73 Å². The van der Waals surface area contributed by atoms with Crippen LogP contribution in [0.2, 0.25) is 0 Å². The maximum absolute atomic E-state index is 13.7. The number of halogens is 1. The van der Waals surface area contributed by atoms with Crippen molar-refractivity contribution in [1.29, 1.82) is 0 Å². The first-order chi connectivity index (χ1) is 9.92. The lowest BCUT2D eigenvalue weighted by atomic mass is 10.2. The van der Waals surface area contributed by atoms with Gasteiger partial charge in [0.05, 0.1) is 12.7 Å². The lowest BCUT2D eigenvalue weighted by Gasteiger charge is -2.30. The van der Waals surface area contributed by atoms with E-state index in [1.54, 1.807) is 0 Å². The zero-order valence-corrected chi connectivity index (χ0v) is 12.7. The molecule has 1 aliphatic rings. The summed E-state index contributed by atoms with van der Waals surface area (Å²) in [5.41, 5.74) is 6.02. The first-order valence-electron chi connectivity index (χ1n) is 6.70. The molecule has 1 fully saturated rings. The van der Waals surface area contributed by atoms with Crippen LogP contribution in [0.3, 0.4) is 0 Å². The summed E-state index contributed by atoms with van der Waals surface area (Å²) in [6.07, 6.45) is -0.237. The van der Waals surface area contributed by atoms with Crippen LogP contribution < -0.4 is 10.5 Å². The highest BCUT2D eigenvalue weighted by Gasteiger charge is 2.23. The third-order valence-corrected chi connectivity index (χ3v) is 4.80. The number of nitrogens with one attached hydrogen (secondary N) is 1. The zero-order chi connectivity index (χ0) is 15.5. The molecule has 1 saturated heterocycles. The topological polar surface area (TPSA) is 84.7 Å². The fourth-order valence-electron chi connectivity index (χ4n) is 2.15. The highest BCUT2D eigenvalue weighted by atomic mass is 32.2. The highest BCUT2D eigenvalue weighted by Crippen LogP contribution is 2.16. The number of hydrogen-bond acceptors (Lipinski definition) is 5. The Hall–Kier alpha value is -1.06. The molecule has 2 rings (SSSR count). The number of morpholine rings is 1. The predicted octanol–water partition coefficient (Wildman–Crippen LogP) is -0.107. The Morgan fingerprint density at radius 2 is 2.29 bits per heavy atom. The molecule has 1 heterocycles. The van der Waals surface area contributed by atoms with Crippen molar-refractivity contribution in [2.45, 2.75) is 17.5 Å². The molecule has 0 radical (unpaired) electrons. The van der Waals surface area contributed by atoms with Crippen LogP contribution in [0.5, 0.6) is 0 Å². The normalized spacial score (nSPS) is 20.6. The van der Waals surface area contributed by atoms with Crippen LogP contribution in [-0.4, -0.2) is 52.7 Å². The van der Waals surface area contributed by atoms with Crippen LogP contribution in [0.4, 0.5) is 4.39 Å². The molecule has 3 N–H and O–H groups in total. The molecule has 0 bridgehead atoms. The van der Waals surface area contributed by atoms with Gasteiger partial charge in [0.25, 0.3) is 0 Å². The molecule has 1 aromatic rings. The molecule has 1 unspecified atom stereocenters. The number of hydrogen-bond donors (Lipinski definition) is 2. The number of likely N-dealkylation sites (N-methyl/N-ethyl adjacent to an activating group) is 1. The number of rotatable bonds is 5. The molecule has 6 nitrogen and oxygen atoms in total. The van der Waals surface area contributed by atoms with E-state index in [9.17, 15) is 12.8 Å². The molecule has 118 valence electrons.